The van der Waals surface area contributed by atoms with Crippen molar-refractivity contribution >= 4 is 40.9 Å². The van der Waals surface area contributed by atoms with E-state index in [0.717, 1.165) is 38.0 Å². The van der Waals surface area contributed by atoms with Crippen LogP contribution in [0.1, 0.15) is 0 Å². The van der Waals surface area contributed by atoms with Gasteiger partial charge in [-0.15, -0.1) is 0 Å². The average molecular weight is 330 g/mol. The Kier molecular flexibility index (Phi) is 5.37. The topological polar surface area (TPSA) is 19.4 Å². The van der Waals surface area contributed by atoms with E-state index in [9.17, 15) is 0 Å². The van der Waals surface area contributed by atoms with Gasteiger partial charge in [0.2, 0.25) is 0 Å². The van der Waals surface area contributed by atoms with Gasteiger partial charge < -0.3 is 4.90 Å². The fourth-order valence-electron chi connectivity index (χ4n) is 2.69. The monoisotopic (exact) mass is 329 g/mol. The zero-order valence-electron chi connectivity index (χ0n) is 11.5. The highest BCUT2D eigenvalue weighted by atomic mass is 35.5. The van der Waals surface area contributed by atoms with Crippen LogP contribution in [-0.2, 0) is 0 Å². The third kappa shape index (κ3) is 3.75. The van der Waals surface area contributed by atoms with Crippen molar-refractivity contribution in [3.63, 3.8) is 0 Å². The standard InChI is InChI=1S/C14H20ClN3S2/c15-12-1-2-14(16-9-12)18-5-3-17(4-6-18)13-10-19-7-8-20-11-13/h1-2,9,13H,3-8,10-11H2. The average Bonchev–Trinajstić information content (AvgIpc) is 2.77. The number of halogens is 1. The van der Waals surface area contributed by atoms with Crippen LogP contribution in [-0.4, -0.2) is 65.1 Å². The lowest BCUT2D eigenvalue weighted by molar-refractivity contribution is 0.215. The first kappa shape index (κ1) is 14.8. The minimum absolute atomic E-state index is 0.708. The van der Waals surface area contributed by atoms with E-state index >= 15 is 0 Å². The van der Waals surface area contributed by atoms with Crippen molar-refractivity contribution in [3.8, 4) is 0 Å². The summed E-state index contributed by atoms with van der Waals surface area (Å²) in [6, 6.07) is 4.71. The molecule has 0 radical (unpaired) electrons. The molecule has 2 aliphatic rings. The summed E-state index contributed by atoms with van der Waals surface area (Å²) in [6.45, 7) is 4.44. The van der Waals surface area contributed by atoms with Gasteiger partial charge in [0.05, 0.1) is 5.02 Å². The second kappa shape index (κ2) is 7.25. The van der Waals surface area contributed by atoms with Crippen LogP contribution in [0.4, 0.5) is 5.82 Å². The Morgan fingerprint density at radius 3 is 2.35 bits per heavy atom. The second-order valence-electron chi connectivity index (χ2n) is 5.16. The van der Waals surface area contributed by atoms with Crippen LogP contribution < -0.4 is 4.90 Å². The molecular formula is C14H20ClN3S2. The van der Waals surface area contributed by atoms with Crippen molar-refractivity contribution in [1.82, 2.24) is 9.88 Å². The van der Waals surface area contributed by atoms with Gasteiger partial charge in [0, 0.05) is 61.4 Å². The third-order valence-corrected chi connectivity index (χ3v) is 6.57. The van der Waals surface area contributed by atoms with Crippen LogP contribution in [0.25, 0.3) is 0 Å². The quantitative estimate of drug-likeness (QED) is 0.828. The van der Waals surface area contributed by atoms with E-state index < -0.39 is 0 Å². The lowest BCUT2D eigenvalue weighted by Crippen LogP contribution is -2.52. The Bertz CT molecular complexity index is 413. The molecule has 2 saturated heterocycles. The number of thioether (sulfide) groups is 2. The van der Waals surface area contributed by atoms with Gasteiger partial charge in [-0.1, -0.05) is 11.6 Å². The number of anilines is 1. The number of nitrogens with zero attached hydrogens (tertiary/aromatic N) is 3. The molecule has 6 heteroatoms. The number of pyridine rings is 1. The van der Waals surface area contributed by atoms with Crippen molar-refractivity contribution in [3.05, 3.63) is 23.4 Å². The Morgan fingerprint density at radius 2 is 1.75 bits per heavy atom. The highest BCUT2D eigenvalue weighted by Gasteiger charge is 2.25. The molecule has 0 unspecified atom stereocenters. The summed E-state index contributed by atoms with van der Waals surface area (Å²) in [4.78, 5) is 9.45. The molecule has 0 spiro atoms. The zero-order chi connectivity index (χ0) is 13.8. The van der Waals surface area contributed by atoms with Gasteiger partial charge in [0.15, 0.2) is 0 Å². The minimum Gasteiger partial charge on any atom is -0.354 e. The lowest BCUT2D eigenvalue weighted by Gasteiger charge is -2.39. The molecule has 0 aliphatic carbocycles. The maximum Gasteiger partial charge on any atom is 0.128 e. The van der Waals surface area contributed by atoms with Crippen molar-refractivity contribution in [1.29, 1.82) is 0 Å². The first-order valence-electron chi connectivity index (χ1n) is 7.09. The maximum absolute atomic E-state index is 5.90. The van der Waals surface area contributed by atoms with Crippen LogP contribution in [0.2, 0.25) is 5.02 Å². The summed E-state index contributed by atoms with van der Waals surface area (Å²) in [5.74, 6) is 6.28. The fraction of sp³-hybridized carbons (Fsp3) is 0.643. The molecule has 2 fully saturated rings. The van der Waals surface area contributed by atoms with Crippen LogP contribution in [0.5, 0.6) is 0 Å². The molecule has 2 aliphatic heterocycles. The van der Waals surface area contributed by atoms with Crippen molar-refractivity contribution in [2.75, 3.05) is 54.1 Å². The van der Waals surface area contributed by atoms with Gasteiger partial charge in [-0.2, -0.15) is 23.5 Å². The molecule has 3 heterocycles. The van der Waals surface area contributed by atoms with E-state index in [0.29, 0.717) is 5.02 Å². The summed E-state index contributed by atoms with van der Waals surface area (Å²) in [5, 5.41) is 0.708. The Hall–Kier alpha value is -0.100. The van der Waals surface area contributed by atoms with Gasteiger partial charge in [0.1, 0.15) is 5.82 Å². The van der Waals surface area contributed by atoms with E-state index in [2.05, 4.69) is 38.3 Å². The lowest BCUT2D eigenvalue weighted by atomic mass is 10.2. The minimum atomic E-state index is 0.708. The van der Waals surface area contributed by atoms with Gasteiger partial charge >= 0.3 is 0 Å². The fourth-order valence-corrected chi connectivity index (χ4v) is 5.43. The number of rotatable bonds is 2. The molecule has 3 rings (SSSR count). The molecule has 0 aromatic carbocycles. The highest BCUT2D eigenvalue weighted by Crippen LogP contribution is 2.23. The van der Waals surface area contributed by atoms with E-state index in [-0.39, 0.29) is 0 Å². The molecule has 0 atom stereocenters. The van der Waals surface area contributed by atoms with E-state index in [1.807, 2.05) is 12.1 Å². The molecular weight excluding hydrogens is 310 g/mol. The molecule has 0 amide bonds. The van der Waals surface area contributed by atoms with Gasteiger partial charge in [-0.25, -0.2) is 4.98 Å². The van der Waals surface area contributed by atoms with Gasteiger partial charge in [-0.05, 0) is 12.1 Å². The normalized spacial score (nSPS) is 22.8. The van der Waals surface area contributed by atoms with E-state index in [1.165, 1.54) is 23.0 Å². The van der Waals surface area contributed by atoms with E-state index in [1.54, 1.807) is 6.20 Å². The molecule has 0 bridgehead atoms. The molecule has 20 heavy (non-hydrogen) atoms. The predicted octanol–water partition coefficient (Wildman–Crippen LogP) is 2.71. The maximum atomic E-state index is 5.90. The van der Waals surface area contributed by atoms with Crippen LogP contribution >= 0.6 is 35.1 Å². The molecule has 1 aromatic rings. The number of piperazine rings is 1. The Labute approximate surface area is 134 Å². The number of hydrogen-bond donors (Lipinski definition) is 0. The SMILES string of the molecule is Clc1ccc(N2CCN(C3CSCCSC3)CC2)nc1. The summed E-state index contributed by atoms with van der Waals surface area (Å²) in [7, 11) is 0. The smallest absolute Gasteiger partial charge is 0.128 e. The van der Waals surface area contributed by atoms with E-state index in [4.69, 9.17) is 11.6 Å². The largest absolute Gasteiger partial charge is 0.354 e. The summed E-state index contributed by atoms with van der Waals surface area (Å²) >= 11 is 10.1. The first-order valence-corrected chi connectivity index (χ1v) is 9.78. The number of hydrogen-bond acceptors (Lipinski definition) is 5. The second-order valence-corrected chi connectivity index (χ2v) is 7.90. The van der Waals surface area contributed by atoms with Crippen LogP contribution in [0.15, 0.2) is 18.3 Å². The Morgan fingerprint density at radius 1 is 1.05 bits per heavy atom. The molecule has 110 valence electrons. The summed E-state index contributed by atoms with van der Waals surface area (Å²) in [6.07, 6.45) is 1.74. The zero-order valence-corrected chi connectivity index (χ0v) is 13.9. The Balaban J connectivity index is 1.54. The van der Waals surface area contributed by atoms with Crippen LogP contribution in [0.3, 0.4) is 0 Å². The molecule has 3 nitrogen and oxygen atoms in total. The number of aromatic nitrogens is 1. The van der Waals surface area contributed by atoms with Crippen LogP contribution in [0, 0.1) is 0 Å². The van der Waals surface area contributed by atoms with Crippen molar-refractivity contribution in [2.24, 2.45) is 0 Å². The highest BCUT2D eigenvalue weighted by molar-refractivity contribution is 8.03. The van der Waals surface area contributed by atoms with Gasteiger partial charge in [0.25, 0.3) is 0 Å². The van der Waals surface area contributed by atoms with Crippen molar-refractivity contribution in [2.45, 2.75) is 6.04 Å². The summed E-state index contributed by atoms with van der Waals surface area (Å²) in [5.41, 5.74) is 0. The molecule has 1 aromatic heterocycles. The molecule has 0 N–H and O–H groups in total. The third-order valence-electron chi connectivity index (χ3n) is 3.86. The molecule has 0 saturated carbocycles. The predicted molar refractivity (Wildman–Crippen MR) is 91.5 cm³/mol. The van der Waals surface area contributed by atoms with Gasteiger partial charge in [-0.3, -0.25) is 4.90 Å². The summed E-state index contributed by atoms with van der Waals surface area (Å²) < 4.78 is 0. The first-order chi connectivity index (χ1) is 9.83. The van der Waals surface area contributed by atoms with Crippen molar-refractivity contribution < 1.29 is 0 Å².